The second kappa shape index (κ2) is 16.2. The van der Waals surface area contributed by atoms with Gasteiger partial charge < -0.3 is 14.8 Å². The fourth-order valence-corrected chi connectivity index (χ4v) is 8.40. The Labute approximate surface area is 331 Å². The Morgan fingerprint density at radius 1 is 0.582 bits per heavy atom. The Balaban J connectivity index is 1.22. The minimum Gasteiger partial charge on any atom is -0.465 e. The van der Waals surface area contributed by atoms with E-state index in [1.54, 1.807) is 30.3 Å². The van der Waals surface area contributed by atoms with Gasteiger partial charge in [-0.25, -0.2) is 31.4 Å². The number of hydrogen-bond donors (Lipinski definition) is 3. The van der Waals surface area contributed by atoms with Crippen molar-refractivity contribution >= 4 is 116 Å². The SMILES string of the molecule is COC(=O)c1cc(NS(=O)(=O)c2ccc3ccc(/N=C(/Nc4ccc5ccc(S(=O)(=O)Nc6ccc(Cl)c(C(=O)OC)c6)cc5c4)SC)cc3c2)ccc1Cl. The largest absolute Gasteiger partial charge is 0.465 e. The van der Waals surface area contributed by atoms with Crippen LogP contribution in [0.1, 0.15) is 20.7 Å². The number of carbonyl (C=O) groups is 2. The van der Waals surface area contributed by atoms with Gasteiger partial charge in [0, 0.05) is 17.1 Å². The lowest BCUT2D eigenvalue weighted by Crippen LogP contribution is -2.13. The second-order valence-electron chi connectivity index (χ2n) is 11.7. The number of fused-ring (bicyclic) bond motifs is 2. The predicted molar refractivity (Wildman–Crippen MR) is 219 cm³/mol. The number of thioether (sulfide) groups is 1. The zero-order valence-electron chi connectivity index (χ0n) is 29.1. The lowest BCUT2D eigenvalue weighted by molar-refractivity contribution is 0.0592. The van der Waals surface area contributed by atoms with E-state index in [2.05, 4.69) is 14.8 Å². The summed E-state index contributed by atoms with van der Waals surface area (Å²) in [4.78, 5) is 28.8. The number of methoxy groups -OCH3 is 2. The highest BCUT2D eigenvalue weighted by Crippen LogP contribution is 2.30. The lowest BCUT2D eigenvalue weighted by atomic mass is 10.1. The summed E-state index contributed by atoms with van der Waals surface area (Å²) in [5.74, 6) is -1.40. The number of sulfonamides is 2. The molecule has 0 aliphatic heterocycles. The Hall–Kier alpha value is -5.32. The Kier molecular flexibility index (Phi) is 11.6. The van der Waals surface area contributed by atoms with Crippen molar-refractivity contribution < 1.29 is 35.9 Å². The maximum Gasteiger partial charge on any atom is 0.339 e. The van der Waals surface area contributed by atoms with Crippen LogP contribution in [-0.2, 0) is 29.5 Å². The van der Waals surface area contributed by atoms with E-state index in [4.69, 9.17) is 37.7 Å². The van der Waals surface area contributed by atoms with Gasteiger partial charge in [0.1, 0.15) is 0 Å². The number of nitrogens with zero attached hydrogens (tertiary/aromatic N) is 1. The number of halogens is 2. The molecule has 6 aromatic rings. The standard InChI is InChI=1S/C38H30Cl2N4O8S3/c1-51-36(45)32-20-28(10-14-34(32)39)43-54(47,48)30-12-6-22-4-8-26(16-24(22)18-30)41-38(53-3)42-27-9-5-23-7-13-31(19-25(23)17-27)55(49,50)44-29-11-15-35(40)33(21-29)37(46)52-2/h4-21,43-44H,1-3H3,(H,41,42). The first-order valence-electron chi connectivity index (χ1n) is 16.0. The molecule has 0 spiro atoms. The van der Waals surface area contributed by atoms with Crippen molar-refractivity contribution in [2.45, 2.75) is 9.79 Å². The van der Waals surface area contributed by atoms with E-state index in [-0.39, 0.29) is 42.3 Å². The van der Waals surface area contributed by atoms with Gasteiger partial charge in [-0.3, -0.25) is 9.44 Å². The molecule has 0 fully saturated rings. The maximum absolute atomic E-state index is 13.3. The van der Waals surface area contributed by atoms with Crippen LogP contribution in [0.3, 0.4) is 0 Å². The molecule has 282 valence electrons. The van der Waals surface area contributed by atoms with E-state index >= 15 is 0 Å². The van der Waals surface area contributed by atoms with Crippen LogP contribution < -0.4 is 14.8 Å². The molecule has 0 heterocycles. The first-order chi connectivity index (χ1) is 26.2. The number of aliphatic imine (C=N–C) groups is 1. The van der Waals surface area contributed by atoms with E-state index < -0.39 is 32.0 Å². The minimum absolute atomic E-state index is 0.00247. The summed E-state index contributed by atoms with van der Waals surface area (Å²) in [6.07, 6.45) is 1.84. The third-order valence-electron chi connectivity index (χ3n) is 8.15. The molecular formula is C38H30Cl2N4O8S3. The molecule has 17 heteroatoms. The highest BCUT2D eigenvalue weighted by atomic mass is 35.5. The van der Waals surface area contributed by atoms with Crippen LogP contribution in [0.5, 0.6) is 0 Å². The molecule has 0 unspecified atom stereocenters. The number of ether oxygens (including phenoxy) is 2. The fraction of sp³-hybridized carbons (Fsp3) is 0.0789. The molecule has 0 aromatic heterocycles. The smallest absolute Gasteiger partial charge is 0.339 e. The van der Waals surface area contributed by atoms with Crippen LogP contribution in [-0.4, -0.2) is 54.4 Å². The second-order valence-corrected chi connectivity index (χ2v) is 16.7. The number of nitrogens with one attached hydrogen (secondary N) is 3. The van der Waals surface area contributed by atoms with Crippen molar-refractivity contribution in [2.24, 2.45) is 4.99 Å². The Bertz CT molecular complexity index is 2760. The number of benzene rings is 6. The van der Waals surface area contributed by atoms with Crippen molar-refractivity contribution in [1.82, 2.24) is 0 Å². The molecular weight excluding hydrogens is 808 g/mol. The van der Waals surface area contributed by atoms with Gasteiger partial charge in [0.15, 0.2) is 5.17 Å². The molecule has 0 atom stereocenters. The summed E-state index contributed by atoms with van der Waals surface area (Å²) in [6.45, 7) is 0. The number of rotatable bonds is 10. The van der Waals surface area contributed by atoms with Crippen molar-refractivity contribution in [3.05, 3.63) is 130 Å². The average molecular weight is 838 g/mol. The summed E-state index contributed by atoms with van der Waals surface area (Å²) >= 11 is 13.5. The van der Waals surface area contributed by atoms with Gasteiger partial charge in [0.05, 0.1) is 50.9 Å². The number of esters is 2. The highest BCUT2D eigenvalue weighted by molar-refractivity contribution is 8.13. The summed E-state index contributed by atoms with van der Waals surface area (Å²) in [5.41, 5.74) is 1.50. The van der Waals surface area contributed by atoms with Gasteiger partial charge in [-0.1, -0.05) is 59.2 Å². The van der Waals surface area contributed by atoms with E-state index in [0.29, 0.717) is 27.3 Å². The molecule has 0 radical (unpaired) electrons. The van der Waals surface area contributed by atoms with Crippen LogP contribution in [0.4, 0.5) is 22.7 Å². The highest BCUT2D eigenvalue weighted by Gasteiger charge is 2.20. The monoisotopic (exact) mass is 836 g/mol. The topological polar surface area (TPSA) is 169 Å². The third kappa shape index (κ3) is 8.98. The molecule has 3 N–H and O–H groups in total. The molecule has 12 nitrogen and oxygen atoms in total. The van der Waals surface area contributed by atoms with Gasteiger partial charge >= 0.3 is 11.9 Å². The van der Waals surface area contributed by atoms with Gasteiger partial charge in [0.25, 0.3) is 20.0 Å². The molecule has 6 aromatic carbocycles. The summed E-state index contributed by atoms with van der Waals surface area (Å²) in [7, 11) is -5.72. The summed E-state index contributed by atoms with van der Waals surface area (Å²) in [6, 6.07) is 28.5. The minimum atomic E-state index is -4.06. The quantitative estimate of drug-likeness (QED) is 0.0688. The van der Waals surface area contributed by atoms with Crippen molar-refractivity contribution in [2.75, 3.05) is 35.2 Å². The van der Waals surface area contributed by atoms with Crippen LogP contribution in [0, 0.1) is 0 Å². The van der Waals surface area contributed by atoms with Crippen molar-refractivity contribution in [3.63, 3.8) is 0 Å². The number of hydrogen-bond acceptors (Lipinski definition) is 10. The van der Waals surface area contributed by atoms with Gasteiger partial charge in [-0.2, -0.15) is 0 Å². The lowest BCUT2D eigenvalue weighted by Gasteiger charge is -2.12. The number of amidine groups is 1. The molecule has 0 aliphatic carbocycles. The summed E-state index contributed by atoms with van der Waals surface area (Å²) in [5, 5.41) is 6.85. The zero-order valence-corrected chi connectivity index (χ0v) is 33.0. The fourth-order valence-electron chi connectivity index (χ4n) is 5.42. The van der Waals surface area contributed by atoms with Crippen LogP contribution in [0.25, 0.3) is 21.5 Å². The molecule has 0 aliphatic rings. The normalized spacial score (nSPS) is 12.0. The van der Waals surface area contributed by atoms with E-state index in [1.807, 2.05) is 24.5 Å². The van der Waals surface area contributed by atoms with Gasteiger partial charge in [0.2, 0.25) is 0 Å². The Morgan fingerprint density at radius 2 is 1.04 bits per heavy atom. The van der Waals surface area contributed by atoms with Gasteiger partial charge in [-0.05, 0) is 113 Å². The maximum atomic E-state index is 13.3. The van der Waals surface area contributed by atoms with E-state index in [0.717, 1.165) is 10.8 Å². The van der Waals surface area contributed by atoms with Crippen molar-refractivity contribution in [3.8, 4) is 0 Å². The van der Waals surface area contributed by atoms with E-state index in [1.165, 1.54) is 86.6 Å². The first kappa shape index (κ1) is 39.4. The number of anilines is 3. The molecule has 55 heavy (non-hydrogen) atoms. The predicted octanol–water partition coefficient (Wildman–Crippen LogP) is 8.94. The Morgan fingerprint density at radius 3 is 1.53 bits per heavy atom. The van der Waals surface area contributed by atoms with E-state index in [9.17, 15) is 26.4 Å². The van der Waals surface area contributed by atoms with Crippen LogP contribution >= 0.6 is 35.0 Å². The number of carbonyl (C=O) groups excluding carboxylic acids is 2. The summed E-state index contributed by atoms with van der Waals surface area (Å²) < 4.78 is 67.8. The molecule has 0 saturated heterocycles. The first-order valence-corrected chi connectivity index (χ1v) is 20.9. The van der Waals surface area contributed by atoms with Gasteiger partial charge in [-0.15, -0.1) is 0 Å². The van der Waals surface area contributed by atoms with Crippen molar-refractivity contribution in [1.29, 1.82) is 0 Å². The third-order valence-corrected chi connectivity index (χ3v) is 12.1. The van der Waals surface area contributed by atoms with Crippen LogP contribution in [0.2, 0.25) is 10.0 Å². The molecule has 6 rings (SSSR count). The average Bonchev–Trinajstić information content (AvgIpc) is 3.17. The van der Waals surface area contributed by atoms with Crippen LogP contribution in [0.15, 0.2) is 124 Å². The molecule has 0 bridgehead atoms. The zero-order chi connectivity index (χ0) is 39.5. The molecule has 0 saturated carbocycles. The molecule has 0 amide bonds.